The van der Waals surface area contributed by atoms with Crippen molar-refractivity contribution in [2.24, 2.45) is 0 Å². The van der Waals surface area contributed by atoms with Crippen molar-refractivity contribution in [3.05, 3.63) is 95.0 Å². The van der Waals surface area contributed by atoms with Gasteiger partial charge in [0.15, 0.2) is 11.0 Å². The summed E-state index contributed by atoms with van der Waals surface area (Å²) >= 11 is 7.46. The van der Waals surface area contributed by atoms with Gasteiger partial charge < -0.3 is 5.32 Å². The van der Waals surface area contributed by atoms with Crippen LogP contribution in [0.3, 0.4) is 0 Å². The van der Waals surface area contributed by atoms with E-state index in [1.807, 2.05) is 85.1 Å². The molecule has 5 nitrogen and oxygen atoms in total. The van der Waals surface area contributed by atoms with Gasteiger partial charge in [-0.05, 0) is 55.3 Å². The molecule has 0 aliphatic carbocycles. The van der Waals surface area contributed by atoms with E-state index in [0.717, 1.165) is 28.2 Å². The first-order valence-corrected chi connectivity index (χ1v) is 11.5. The van der Waals surface area contributed by atoms with E-state index in [2.05, 4.69) is 27.6 Å². The lowest BCUT2D eigenvalue weighted by Crippen LogP contribution is -2.23. The second-order valence-electron chi connectivity index (χ2n) is 7.45. The number of carbonyl (C=O) groups excluding carboxylic acids is 1. The Balaban J connectivity index is 1.60. The molecular formula is C25H23ClN4OS. The normalized spacial score (nSPS) is 11.8. The minimum absolute atomic E-state index is 0.0772. The van der Waals surface area contributed by atoms with Crippen molar-refractivity contribution in [3.63, 3.8) is 0 Å². The largest absolute Gasteiger partial charge is 0.325 e. The standard InChI is InChI=1S/C25H23ClN4OS/c1-17-8-6-7-11-22(17)27-24(31)18(2)32-25-29-28-23(20-12-14-21(26)15-13-20)30(25)16-19-9-4-3-5-10-19/h3-15,18H,16H2,1-2H3,(H,27,31). The molecule has 1 unspecified atom stereocenters. The van der Waals surface area contributed by atoms with Crippen molar-refractivity contribution in [2.75, 3.05) is 5.32 Å². The number of benzene rings is 3. The molecule has 4 rings (SSSR count). The van der Waals surface area contributed by atoms with Crippen LogP contribution in [0, 0.1) is 6.92 Å². The van der Waals surface area contributed by atoms with E-state index >= 15 is 0 Å². The number of halogens is 1. The number of hydrogen-bond acceptors (Lipinski definition) is 4. The molecule has 162 valence electrons. The van der Waals surface area contributed by atoms with E-state index in [1.54, 1.807) is 0 Å². The lowest BCUT2D eigenvalue weighted by atomic mass is 10.2. The summed E-state index contributed by atoms with van der Waals surface area (Å²) in [5.74, 6) is 0.658. The fourth-order valence-electron chi connectivity index (χ4n) is 3.26. The smallest absolute Gasteiger partial charge is 0.237 e. The van der Waals surface area contributed by atoms with E-state index in [0.29, 0.717) is 16.7 Å². The van der Waals surface area contributed by atoms with E-state index in [1.165, 1.54) is 11.8 Å². The van der Waals surface area contributed by atoms with Gasteiger partial charge in [0.1, 0.15) is 0 Å². The van der Waals surface area contributed by atoms with Crippen LogP contribution in [0.25, 0.3) is 11.4 Å². The fraction of sp³-hybridized carbons (Fsp3) is 0.160. The molecule has 1 N–H and O–H groups in total. The Kier molecular flexibility index (Phi) is 6.93. The Labute approximate surface area is 196 Å². The molecule has 4 aromatic rings. The molecule has 1 amide bonds. The molecule has 7 heteroatoms. The molecule has 0 saturated carbocycles. The van der Waals surface area contributed by atoms with Gasteiger partial charge >= 0.3 is 0 Å². The average Bonchev–Trinajstić information content (AvgIpc) is 3.18. The zero-order chi connectivity index (χ0) is 22.5. The van der Waals surface area contributed by atoms with Gasteiger partial charge in [-0.25, -0.2) is 0 Å². The maximum Gasteiger partial charge on any atom is 0.237 e. The molecular weight excluding hydrogens is 440 g/mol. The van der Waals surface area contributed by atoms with E-state index in [-0.39, 0.29) is 11.2 Å². The minimum Gasteiger partial charge on any atom is -0.325 e. The van der Waals surface area contributed by atoms with Crippen LogP contribution in [0.2, 0.25) is 5.02 Å². The molecule has 0 aliphatic rings. The zero-order valence-electron chi connectivity index (χ0n) is 17.8. The Morgan fingerprint density at radius 1 is 1.00 bits per heavy atom. The van der Waals surface area contributed by atoms with Crippen LogP contribution in [-0.4, -0.2) is 25.9 Å². The maximum atomic E-state index is 12.8. The van der Waals surface area contributed by atoms with Gasteiger partial charge in [0.05, 0.1) is 11.8 Å². The molecule has 3 aromatic carbocycles. The Morgan fingerprint density at radius 2 is 1.69 bits per heavy atom. The molecule has 0 fully saturated rings. The highest BCUT2D eigenvalue weighted by Gasteiger charge is 2.21. The summed E-state index contributed by atoms with van der Waals surface area (Å²) in [6.45, 7) is 4.45. The van der Waals surface area contributed by atoms with Crippen LogP contribution in [0.5, 0.6) is 0 Å². The van der Waals surface area contributed by atoms with Crippen LogP contribution in [0.15, 0.2) is 84.0 Å². The number of nitrogens with one attached hydrogen (secondary N) is 1. The fourth-order valence-corrected chi connectivity index (χ4v) is 4.23. The maximum absolute atomic E-state index is 12.8. The Bertz CT molecular complexity index is 1210. The lowest BCUT2D eigenvalue weighted by Gasteiger charge is -2.15. The number of rotatable bonds is 7. The van der Waals surface area contributed by atoms with Gasteiger partial charge in [0, 0.05) is 16.3 Å². The second-order valence-corrected chi connectivity index (χ2v) is 9.19. The first kappa shape index (κ1) is 22.1. The first-order valence-electron chi connectivity index (χ1n) is 10.3. The number of aryl methyl sites for hydroxylation is 1. The summed E-state index contributed by atoms with van der Waals surface area (Å²) in [6, 6.07) is 25.4. The molecule has 0 aliphatic heterocycles. The summed E-state index contributed by atoms with van der Waals surface area (Å²) in [5.41, 5.74) is 3.89. The van der Waals surface area contributed by atoms with Crippen molar-refractivity contribution < 1.29 is 4.79 Å². The minimum atomic E-state index is -0.355. The van der Waals surface area contributed by atoms with E-state index < -0.39 is 0 Å². The number of para-hydroxylation sites is 1. The predicted octanol–water partition coefficient (Wildman–Crippen LogP) is 6.07. The van der Waals surface area contributed by atoms with Gasteiger partial charge in [-0.2, -0.15) is 0 Å². The third-order valence-corrected chi connectivity index (χ3v) is 6.39. The van der Waals surface area contributed by atoms with Crippen molar-refractivity contribution in [2.45, 2.75) is 30.8 Å². The van der Waals surface area contributed by atoms with Gasteiger partial charge in [-0.3, -0.25) is 9.36 Å². The monoisotopic (exact) mass is 462 g/mol. The van der Waals surface area contributed by atoms with Crippen LogP contribution < -0.4 is 5.32 Å². The van der Waals surface area contributed by atoms with Gasteiger partial charge in [-0.1, -0.05) is 71.9 Å². The summed E-state index contributed by atoms with van der Waals surface area (Å²) in [7, 11) is 0. The summed E-state index contributed by atoms with van der Waals surface area (Å²) in [6.07, 6.45) is 0. The molecule has 1 atom stereocenters. The quantitative estimate of drug-likeness (QED) is 0.338. The number of hydrogen-bond donors (Lipinski definition) is 1. The van der Waals surface area contributed by atoms with Crippen LogP contribution in [0.4, 0.5) is 5.69 Å². The topological polar surface area (TPSA) is 59.8 Å². The molecule has 1 heterocycles. The predicted molar refractivity (Wildman–Crippen MR) is 131 cm³/mol. The van der Waals surface area contributed by atoms with Gasteiger partial charge in [0.25, 0.3) is 0 Å². The van der Waals surface area contributed by atoms with Crippen molar-refractivity contribution in [3.8, 4) is 11.4 Å². The number of anilines is 1. The number of aromatic nitrogens is 3. The Morgan fingerprint density at radius 3 is 2.41 bits per heavy atom. The third-order valence-electron chi connectivity index (χ3n) is 5.06. The van der Waals surface area contributed by atoms with Crippen LogP contribution in [0.1, 0.15) is 18.1 Å². The summed E-state index contributed by atoms with van der Waals surface area (Å²) < 4.78 is 2.04. The highest BCUT2D eigenvalue weighted by atomic mass is 35.5. The molecule has 0 spiro atoms. The highest BCUT2D eigenvalue weighted by molar-refractivity contribution is 8.00. The molecule has 32 heavy (non-hydrogen) atoms. The average molecular weight is 463 g/mol. The number of nitrogens with zero attached hydrogens (tertiary/aromatic N) is 3. The summed E-state index contributed by atoms with van der Waals surface area (Å²) in [5, 5.41) is 12.9. The molecule has 1 aromatic heterocycles. The Hall–Kier alpha value is -3.09. The van der Waals surface area contributed by atoms with Crippen molar-refractivity contribution >= 4 is 35.0 Å². The number of amides is 1. The SMILES string of the molecule is Cc1ccccc1NC(=O)C(C)Sc1nnc(-c2ccc(Cl)cc2)n1Cc1ccccc1. The highest BCUT2D eigenvalue weighted by Crippen LogP contribution is 2.29. The van der Waals surface area contributed by atoms with Crippen molar-refractivity contribution in [1.82, 2.24) is 14.8 Å². The number of carbonyl (C=O) groups is 1. The van der Waals surface area contributed by atoms with Crippen LogP contribution in [-0.2, 0) is 11.3 Å². The van der Waals surface area contributed by atoms with Gasteiger partial charge in [0.2, 0.25) is 5.91 Å². The lowest BCUT2D eigenvalue weighted by molar-refractivity contribution is -0.115. The van der Waals surface area contributed by atoms with E-state index in [4.69, 9.17) is 11.6 Å². The zero-order valence-corrected chi connectivity index (χ0v) is 19.4. The second kappa shape index (κ2) is 10.0. The van der Waals surface area contributed by atoms with Gasteiger partial charge in [-0.15, -0.1) is 10.2 Å². The molecule has 0 bridgehead atoms. The van der Waals surface area contributed by atoms with Crippen molar-refractivity contribution in [1.29, 1.82) is 0 Å². The third kappa shape index (κ3) is 5.21. The van der Waals surface area contributed by atoms with E-state index in [9.17, 15) is 4.79 Å². The summed E-state index contributed by atoms with van der Waals surface area (Å²) in [4.78, 5) is 12.8. The first-order chi connectivity index (χ1) is 15.5. The number of thioether (sulfide) groups is 1. The molecule has 0 saturated heterocycles. The van der Waals surface area contributed by atoms with Crippen LogP contribution >= 0.6 is 23.4 Å². The molecule has 0 radical (unpaired) electrons.